The first-order valence-electron chi connectivity index (χ1n) is 18.5. The van der Waals surface area contributed by atoms with Crippen molar-refractivity contribution < 1.29 is 39.6 Å². The van der Waals surface area contributed by atoms with Crippen molar-refractivity contribution >= 4 is 23.9 Å². The Bertz CT molecular complexity index is 1010. The van der Waals surface area contributed by atoms with Crippen LogP contribution in [0.2, 0.25) is 0 Å². The van der Waals surface area contributed by atoms with Gasteiger partial charge in [-0.15, -0.1) is 0 Å². The average Bonchev–Trinajstić information content (AvgIpc) is 3.04. The Morgan fingerprint density at radius 1 is 0.510 bits per heavy atom. The molecule has 0 bridgehead atoms. The van der Waals surface area contributed by atoms with Gasteiger partial charge < -0.3 is 35.1 Å². The second-order valence-electron chi connectivity index (χ2n) is 13.9. The Hall–Kier alpha value is -3.28. The molecule has 0 aliphatic rings. The van der Waals surface area contributed by atoms with E-state index in [1.165, 1.54) is 51.4 Å². The van der Waals surface area contributed by atoms with Crippen LogP contribution in [-0.2, 0) is 19.2 Å². The molecular formula is C40H73N3O8. The van der Waals surface area contributed by atoms with Crippen LogP contribution in [0.15, 0.2) is 48.1 Å². The number of nitrogens with zero attached hydrogens (tertiary/aromatic N) is 3. The molecule has 0 saturated carbocycles. The van der Waals surface area contributed by atoms with Gasteiger partial charge >= 0.3 is 23.9 Å². The van der Waals surface area contributed by atoms with Crippen LogP contribution in [0, 0.1) is 5.92 Å². The van der Waals surface area contributed by atoms with E-state index in [0.717, 1.165) is 45.2 Å². The van der Waals surface area contributed by atoms with Gasteiger partial charge in [0.05, 0.1) is 0 Å². The van der Waals surface area contributed by atoms with E-state index >= 15 is 0 Å². The summed E-state index contributed by atoms with van der Waals surface area (Å²) in [5.41, 5.74) is 0.968. The van der Waals surface area contributed by atoms with Crippen molar-refractivity contribution in [3.05, 3.63) is 48.1 Å². The molecule has 0 fully saturated rings. The van der Waals surface area contributed by atoms with Crippen LogP contribution in [0.5, 0.6) is 0 Å². The van der Waals surface area contributed by atoms with Gasteiger partial charge in [0.1, 0.15) is 0 Å². The third-order valence-corrected chi connectivity index (χ3v) is 8.11. The minimum atomic E-state index is -1.07. The van der Waals surface area contributed by atoms with E-state index in [1.54, 1.807) is 6.08 Å². The van der Waals surface area contributed by atoms with Crippen LogP contribution in [0.1, 0.15) is 116 Å². The normalized spacial score (nSPS) is 11.7. The van der Waals surface area contributed by atoms with E-state index in [0.29, 0.717) is 48.9 Å². The fraction of sp³-hybridized carbons (Fsp3) is 0.700. The molecule has 0 aliphatic heterocycles. The summed E-state index contributed by atoms with van der Waals surface area (Å²) in [6, 6.07) is 0. The number of hydrogen-bond donors (Lipinski definition) is 4. The summed E-state index contributed by atoms with van der Waals surface area (Å²) in [7, 11) is 11.7. The Morgan fingerprint density at radius 3 is 1.20 bits per heavy atom. The molecule has 0 aliphatic carbocycles. The molecule has 4 N–H and O–H groups in total. The topological polar surface area (TPSA) is 159 Å². The zero-order chi connectivity index (χ0) is 39.8. The second kappa shape index (κ2) is 33.8. The first-order valence-corrected chi connectivity index (χ1v) is 18.5. The maximum atomic E-state index is 11.6. The number of rotatable bonds is 29. The molecule has 0 spiro atoms. The molecule has 0 amide bonds. The fourth-order valence-corrected chi connectivity index (χ4v) is 4.83. The number of unbranched alkanes of at least 4 members (excludes halogenated alkanes) is 10. The number of carbonyl (C=O) groups is 4. The Balaban J connectivity index is -0.000000851. The summed E-state index contributed by atoms with van der Waals surface area (Å²) in [4.78, 5) is 49.5. The molecule has 0 saturated heterocycles. The van der Waals surface area contributed by atoms with Gasteiger partial charge in [-0.1, -0.05) is 96.9 Å². The monoisotopic (exact) mass is 724 g/mol. The van der Waals surface area contributed by atoms with Crippen molar-refractivity contribution in [2.24, 2.45) is 5.92 Å². The van der Waals surface area contributed by atoms with Gasteiger partial charge in [-0.2, -0.15) is 0 Å². The van der Waals surface area contributed by atoms with Crippen LogP contribution in [-0.4, -0.2) is 121 Å². The Morgan fingerprint density at radius 2 is 0.882 bits per heavy atom. The van der Waals surface area contributed by atoms with Crippen molar-refractivity contribution in [3.8, 4) is 0 Å². The van der Waals surface area contributed by atoms with Crippen molar-refractivity contribution in [1.29, 1.82) is 0 Å². The standard InChI is InChI=1S/C24H43NO4.2C8H15NO2/c1-5-6-7-8-9-10-11-12-13-14-15-16-22(24(28)29)19-21(17-18-25(3)4)20(2)23(26)27;2*1-7(8(10)11)5-4-6-9(2)3/h19,21H,2,5-18H2,1,3-4H3,(H,26,27)(H,28,29);2*1,4-6H2,2-3H3,(H,10,11). The highest BCUT2D eigenvalue weighted by molar-refractivity contribution is 5.89. The maximum absolute atomic E-state index is 11.6. The van der Waals surface area contributed by atoms with Crippen molar-refractivity contribution in [1.82, 2.24) is 14.7 Å². The van der Waals surface area contributed by atoms with Gasteiger partial charge in [0.15, 0.2) is 0 Å². The molecule has 0 aromatic rings. The average molecular weight is 724 g/mol. The Labute approximate surface area is 309 Å². The van der Waals surface area contributed by atoms with Gasteiger partial charge in [-0.25, -0.2) is 19.2 Å². The van der Waals surface area contributed by atoms with Gasteiger partial charge in [0.25, 0.3) is 0 Å². The van der Waals surface area contributed by atoms with E-state index < -0.39 is 29.8 Å². The first kappa shape index (κ1) is 52.1. The van der Waals surface area contributed by atoms with Crippen LogP contribution in [0.3, 0.4) is 0 Å². The lowest BCUT2D eigenvalue weighted by atomic mass is 9.92. The molecular weight excluding hydrogens is 650 g/mol. The van der Waals surface area contributed by atoms with Crippen molar-refractivity contribution in [3.63, 3.8) is 0 Å². The molecule has 0 rings (SSSR count). The van der Waals surface area contributed by atoms with E-state index in [9.17, 15) is 29.4 Å². The quantitative estimate of drug-likeness (QED) is 0.0440. The van der Waals surface area contributed by atoms with Gasteiger partial charge in [-0.3, -0.25) is 0 Å². The maximum Gasteiger partial charge on any atom is 0.331 e. The molecule has 1 atom stereocenters. The highest BCUT2D eigenvalue weighted by Gasteiger charge is 2.19. The van der Waals surface area contributed by atoms with E-state index in [1.807, 2.05) is 57.0 Å². The number of hydrogen-bond acceptors (Lipinski definition) is 7. The molecule has 11 heteroatoms. The summed E-state index contributed by atoms with van der Waals surface area (Å²) in [6.45, 7) is 15.2. The molecule has 51 heavy (non-hydrogen) atoms. The summed E-state index contributed by atoms with van der Waals surface area (Å²) in [6.07, 6.45) is 18.9. The summed E-state index contributed by atoms with van der Waals surface area (Å²) < 4.78 is 0. The fourth-order valence-electron chi connectivity index (χ4n) is 4.83. The lowest BCUT2D eigenvalue weighted by molar-refractivity contribution is -0.134. The minimum Gasteiger partial charge on any atom is -0.478 e. The van der Waals surface area contributed by atoms with Crippen LogP contribution in [0.4, 0.5) is 0 Å². The van der Waals surface area contributed by atoms with Gasteiger partial charge in [0.2, 0.25) is 0 Å². The van der Waals surface area contributed by atoms with Crippen molar-refractivity contribution in [2.45, 2.75) is 116 Å². The zero-order valence-corrected chi connectivity index (χ0v) is 33.2. The summed E-state index contributed by atoms with van der Waals surface area (Å²) in [5.74, 6) is -4.24. The molecule has 11 nitrogen and oxygen atoms in total. The highest BCUT2D eigenvalue weighted by atomic mass is 16.4. The van der Waals surface area contributed by atoms with E-state index in [2.05, 4.69) is 26.7 Å². The van der Waals surface area contributed by atoms with Gasteiger partial charge in [-0.05, 0) is 107 Å². The van der Waals surface area contributed by atoms with Crippen LogP contribution < -0.4 is 0 Å². The first-order chi connectivity index (χ1) is 23.9. The largest absolute Gasteiger partial charge is 0.478 e. The summed E-state index contributed by atoms with van der Waals surface area (Å²) >= 11 is 0. The number of carboxylic acids is 4. The molecule has 0 aromatic heterocycles. The number of carboxylic acid groups (broad SMARTS) is 4. The number of allylic oxidation sites excluding steroid dienone is 1. The van der Waals surface area contributed by atoms with Crippen molar-refractivity contribution in [2.75, 3.05) is 61.9 Å². The SMILES string of the molecule is C=C(C(=O)O)C(C=C(CCCCCCCCCCCCC)C(=O)O)CCN(C)C.C=C(CCCN(C)C)C(=O)O.C=C(CCCN(C)C)C(=O)O. The Kier molecular flexibility index (Phi) is 34.6. The van der Waals surface area contributed by atoms with Crippen LogP contribution >= 0.6 is 0 Å². The van der Waals surface area contributed by atoms with E-state index in [-0.39, 0.29) is 5.57 Å². The van der Waals surface area contributed by atoms with Gasteiger partial charge in [0, 0.05) is 28.2 Å². The highest BCUT2D eigenvalue weighted by Crippen LogP contribution is 2.22. The lowest BCUT2D eigenvalue weighted by Crippen LogP contribution is -2.20. The minimum absolute atomic E-state index is 0.0598. The molecule has 0 heterocycles. The number of aliphatic carboxylic acids is 4. The molecule has 0 aromatic carbocycles. The predicted molar refractivity (Wildman–Crippen MR) is 209 cm³/mol. The molecule has 0 radical (unpaired) electrons. The second-order valence-corrected chi connectivity index (χ2v) is 13.9. The van der Waals surface area contributed by atoms with Crippen LogP contribution in [0.25, 0.3) is 0 Å². The van der Waals surface area contributed by atoms with E-state index in [4.69, 9.17) is 10.2 Å². The summed E-state index contributed by atoms with van der Waals surface area (Å²) in [5, 5.41) is 35.7. The third-order valence-electron chi connectivity index (χ3n) is 8.11. The molecule has 296 valence electrons. The third kappa shape index (κ3) is 36.3. The lowest BCUT2D eigenvalue weighted by Gasteiger charge is -2.17. The zero-order valence-electron chi connectivity index (χ0n) is 33.2. The predicted octanol–water partition coefficient (Wildman–Crippen LogP) is 7.85. The smallest absolute Gasteiger partial charge is 0.331 e. The molecule has 1 unspecified atom stereocenters.